The number of hydrogen-bond acceptors (Lipinski definition) is 4. The van der Waals surface area contributed by atoms with Crippen molar-refractivity contribution < 1.29 is 9.59 Å². The molecule has 32 heavy (non-hydrogen) atoms. The van der Waals surface area contributed by atoms with Crippen molar-refractivity contribution in [3.8, 4) is 0 Å². The zero-order valence-electron chi connectivity index (χ0n) is 18.3. The van der Waals surface area contributed by atoms with Gasteiger partial charge in [0.25, 0.3) is 0 Å². The smallest absolute Gasteiger partial charge is 0.243 e. The van der Waals surface area contributed by atoms with Crippen molar-refractivity contribution in [1.82, 2.24) is 15.5 Å². The van der Waals surface area contributed by atoms with E-state index in [4.69, 9.17) is 11.1 Å². The number of carbonyl (C=O) groups excluding carboxylic acids is 2. The number of piperidine rings is 1. The molecule has 178 valence electrons. The summed E-state index contributed by atoms with van der Waals surface area (Å²) < 4.78 is 0. The highest BCUT2D eigenvalue weighted by atomic mass is 35.5. The normalized spacial score (nSPS) is 26.8. The quantitative estimate of drug-likeness (QED) is 0.380. The molecule has 1 aromatic rings. The van der Waals surface area contributed by atoms with Crippen molar-refractivity contribution in [1.29, 1.82) is 5.41 Å². The number of carbonyl (C=O) groups is 2. The summed E-state index contributed by atoms with van der Waals surface area (Å²) in [6, 6.07) is 6.79. The van der Waals surface area contributed by atoms with Crippen LogP contribution < -0.4 is 16.4 Å². The number of hydrogen-bond donors (Lipinski definition) is 4. The van der Waals surface area contributed by atoms with E-state index in [2.05, 4.69) is 10.6 Å². The van der Waals surface area contributed by atoms with Crippen LogP contribution in [0.15, 0.2) is 24.3 Å². The van der Waals surface area contributed by atoms with Crippen molar-refractivity contribution in [3.05, 3.63) is 35.4 Å². The van der Waals surface area contributed by atoms with Crippen LogP contribution in [0.1, 0.15) is 56.1 Å². The molecule has 2 saturated heterocycles. The summed E-state index contributed by atoms with van der Waals surface area (Å²) in [5, 5.41) is 13.9. The van der Waals surface area contributed by atoms with Crippen LogP contribution in [-0.4, -0.2) is 47.7 Å². The SMILES string of the molecule is Cl.Cl.N=C(N)c1ccc(CNC(=O)[C@@H]2CCCN2C(=O)C2NCC[C@@H]3CCCC[C@H]23)cc1. The van der Waals surface area contributed by atoms with Crippen LogP contribution in [0.2, 0.25) is 0 Å². The third-order valence-corrected chi connectivity index (χ3v) is 7.11. The van der Waals surface area contributed by atoms with Gasteiger partial charge in [-0.25, -0.2) is 0 Å². The predicted octanol–water partition coefficient (Wildman–Crippen LogP) is 2.59. The number of amides is 2. The highest BCUT2D eigenvalue weighted by molar-refractivity contribution is 5.95. The lowest BCUT2D eigenvalue weighted by Crippen LogP contribution is -2.58. The molecule has 1 aromatic carbocycles. The zero-order valence-corrected chi connectivity index (χ0v) is 20.0. The Hall–Kier alpha value is -1.83. The summed E-state index contributed by atoms with van der Waals surface area (Å²) in [4.78, 5) is 28.1. The van der Waals surface area contributed by atoms with Gasteiger partial charge in [0.15, 0.2) is 0 Å². The number of rotatable bonds is 5. The Morgan fingerprint density at radius 2 is 1.78 bits per heavy atom. The van der Waals surface area contributed by atoms with Crippen molar-refractivity contribution in [3.63, 3.8) is 0 Å². The van der Waals surface area contributed by atoms with Crippen molar-refractivity contribution >= 4 is 42.5 Å². The number of nitrogens with zero attached hydrogens (tertiary/aromatic N) is 1. The largest absolute Gasteiger partial charge is 0.384 e. The van der Waals surface area contributed by atoms with E-state index in [-0.39, 0.29) is 54.5 Å². The minimum absolute atomic E-state index is 0. The average molecular weight is 484 g/mol. The maximum Gasteiger partial charge on any atom is 0.243 e. The molecular formula is C23H35Cl2N5O2. The molecule has 0 aromatic heterocycles. The lowest BCUT2D eigenvalue weighted by Gasteiger charge is -2.43. The molecule has 4 rings (SSSR count). The van der Waals surface area contributed by atoms with E-state index in [0.717, 1.165) is 31.4 Å². The second kappa shape index (κ2) is 11.9. The monoisotopic (exact) mass is 483 g/mol. The maximum atomic E-state index is 13.4. The molecule has 0 spiro atoms. The van der Waals surface area contributed by atoms with Gasteiger partial charge < -0.3 is 21.3 Å². The summed E-state index contributed by atoms with van der Waals surface area (Å²) in [7, 11) is 0. The van der Waals surface area contributed by atoms with E-state index in [1.165, 1.54) is 25.7 Å². The fourth-order valence-corrected chi connectivity index (χ4v) is 5.47. The van der Waals surface area contributed by atoms with E-state index in [1.807, 2.05) is 17.0 Å². The zero-order chi connectivity index (χ0) is 21.1. The van der Waals surface area contributed by atoms with Crippen LogP contribution >= 0.6 is 24.8 Å². The van der Waals surface area contributed by atoms with Gasteiger partial charge >= 0.3 is 0 Å². The molecule has 7 nitrogen and oxygen atoms in total. The topological polar surface area (TPSA) is 111 Å². The number of nitrogens with two attached hydrogens (primary N) is 1. The third kappa shape index (κ3) is 5.74. The molecule has 2 heterocycles. The number of amidine groups is 1. The number of likely N-dealkylation sites (tertiary alicyclic amines) is 1. The molecule has 9 heteroatoms. The fraction of sp³-hybridized carbons (Fsp3) is 0.609. The summed E-state index contributed by atoms with van der Waals surface area (Å²) in [6.07, 6.45) is 7.61. The van der Waals surface area contributed by atoms with E-state index in [9.17, 15) is 9.59 Å². The number of nitrogens with one attached hydrogen (secondary N) is 3. The minimum Gasteiger partial charge on any atom is -0.384 e. The van der Waals surface area contributed by atoms with Gasteiger partial charge in [0.2, 0.25) is 11.8 Å². The van der Waals surface area contributed by atoms with Gasteiger partial charge in [0.05, 0.1) is 6.04 Å². The molecule has 4 atom stereocenters. The maximum absolute atomic E-state index is 13.4. The second-order valence-electron chi connectivity index (χ2n) is 8.95. The van der Waals surface area contributed by atoms with E-state index < -0.39 is 0 Å². The summed E-state index contributed by atoms with van der Waals surface area (Å²) in [6.45, 7) is 1.97. The molecule has 1 saturated carbocycles. The molecule has 0 radical (unpaired) electrons. The molecule has 1 aliphatic carbocycles. The second-order valence-corrected chi connectivity index (χ2v) is 8.95. The Morgan fingerprint density at radius 1 is 1.06 bits per heavy atom. The van der Waals surface area contributed by atoms with Gasteiger partial charge in [-0.05, 0) is 49.6 Å². The number of halogens is 2. The lowest BCUT2D eigenvalue weighted by molar-refractivity contribution is -0.142. The number of nitrogen functional groups attached to an aromatic ring is 1. The van der Waals surface area contributed by atoms with Crippen molar-refractivity contribution in [2.45, 2.75) is 63.6 Å². The van der Waals surface area contributed by atoms with Gasteiger partial charge in [0, 0.05) is 18.7 Å². The molecule has 5 N–H and O–H groups in total. The first-order chi connectivity index (χ1) is 14.5. The summed E-state index contributed by atoms with van der Waals surface area (Å²) in [5.74, 6) is 1.15. The summed E-state index contributed by atoms with van der Waals surface area (Å²) in [5.41, 5.74) is 7.10. The Balaban J connectivity index is 0.00000181. The van der Waals surface area contributed by atoms with Gasteiger partial charge in [-0.1, -0.05) is 43.5 Å². The highest BCUT2D eigenvalue weighted by Gasteiger charge is 2.43. The fourth-order valence-electron chi connectivity index (χ4n) is 5.47. The molecule has 1 unspecified atom stereocenters. The van der Waals surface area contributed by atoms with E-state index >= 15 is 0 Å². The van der Waals surface area contributed by atoms with E-state index in [1.54, 1.807) is 12.1 Å². The molecule has 0 bridgehead atoms. The van der Waals surface area contributed by atoms with Gasteiger partial charge in [-0.2, -0.15) is 0 Å². The standard InChI is InChI=1S/C23H33N5O2.2ClH/c24-21(25)17-9-7-15(8-10-17)14-27-22(29)19-6-3-13-28(19)23(30)20-18-5-2-1-4-16(18)11-12-26-20;;/h7-10,16,18-20,26H,1-6,11-14H2,(H3,24,25)(H,27,29);2*1H/t16-,18-,19-,20?;;/m0../s1. The van der Waals surface area contributed by atoms with Crippen LogP contribution in [0.4, 0.5) is 0 Å². The average Bonchev–Trinajstić information content (AvgIpc) is 3.27. The van der Waals surface area contributed by atoms with E-state index in [0.29, 0.717) is 30.5 Å². The first-order valence-corrected chi connectivity index (χ1v) is 11.3. The lowest BCUT2D eigenvalue weighted by atomic mass is 9.71. The Labute approximate surface area is 202 Å². The van der Waals surface area contributed by atoms with Gasteiger partial charge in [-0.15, -0.1) is 24.8 Å². The number of fused-ring (bicyclic) bond motifs is 1. The minimum atomic E-state index is -0.375. The summed E-state index contributed by atoms with van der Waals surface area (Å²) >= 11 is 0. The van der Waals surface area contributed by atoms with Crippen LogP contribution in [0.5, 0.6) is 0 Å². The predicted molar refractivity (Wildman–Crippen MR) is 130 cm³/mol. The van der Waals surface area contributed by atoms with Crippen LogP contribution in [-0.2, 0) is 16.1 Å². The molecule has 2 aliphatic heterocycles. The van der Waals surface area contributed by atoms with Gasteiger partial charge in [-0.3, -0.25) is 15.0 Å². The van der Waals surface area contributed by atoms with Crippen LogP contribution in [0.25, 0.3) is 0 Å². The molecular weight excluding hydrogens is 449 g/mol. The Morgan fingerprint density at radius 3 is 2.50 bits per heavy atom. The third-order valence-electron chi connectivity index (χ3n) is 7.11. The first kappa shape index (κ1) is 26.4. The van der Waals surface area contributed by atoms with Crippen LogP contribution in [0.3, 0.4) is 0 Å². The Bertz CT molecular complexity index is 802. The van der Waals surface area contributed by atoms with Crippen molar-refractivity contribution in [2.24, 2.45) is 17.6 Å². The number of benzene rings is 1. The van der Waals surface area contributed by atoms with Crippen molar-refractivity contribution in [2.75, 3.05) is 13.1 Å². The molecule has 2 amide bonds. The molecule has 3 fully saturated rings. The Kier molecular flexibility index (Phi) is 9.80. The highest BCUT2D eigenvalue weighted by Crippen LogP contribution is 2.37. The molecule has 3 aliphatic rings. The van der Waals surface area contributed by atoms with Crippen LogP contribution in [0, 0.1) is 17.2 Å². The van der Waals surface area contributed by atoms with Gasteiger partial charge in [0.1, 0.15) is 11.9 Å². The first-order valence-electron chi connectivity index (χ1n) is 11.3.